The van der Waals surface area contributed by atoms with Crippen molar-refractivity contribution in [2.75, 3.05) is 20.2 Å². The molecule has 1 heterocycles. The summed E-state index contributed by atoms with van der Waals surface area (Å²) in [6.45, 7) is 3.53. The van der Waals surface area contributed by atoms with Gasteiger partial charge in [-0.15, -0.1) is 0 Å². The largest absolute Gasteiger partial charge is 0.497 e. The molecule has 6 heteroatoms. The maximum absolute atomic E-state index is 13.3. The molecule has 0 bridgehead atoms. The third-order valence-corrected chi connectivity index (χ3v) is 6.16. The van der Waals surface area contributed by atoms with Crippen molar-refractivity contribution in [3.8, 4) is 5.75 Å². The van der Waals surface area contributed by atoms with Crippen LogP contribution in [-0.2, 0) is 16.6 Å². The van der Waals surface area contributed by atoms with Crippen LogP contribution in [0, 0.1) is 0 Å². The van der Waals surface area contributed by atoms with Crippen molar-refractivity contribution < 1.29 is 14.3 Å². The summed E-state index contributed by atoms with van der Waals surface area (Å²) in [4.78, 5) is 26.7. The second-order valence-electron chi connectivity index (χ2n) is 8.41. The topological polar surface area (TPSA) is 84.7 Å². The number of carbonyl (C=O) groups excluding carboxylic acids is 2. The van der Waals surface area contributed by atoms with Gasteiger partial charge in [-0.25, -0.2) is 4.79 Å². The predicted octanol–water partition coefficient (Wildman–Crippen LogP) is 3.64. The molecule has 1 aliphatic rings. The average Bonchev–Trinajstić information content (AvgIpc) is 2.75. The molecule has 1 aliphatic heterocycles. The Balaban J connectivity index is 1.71. The number of methoxy groups -OCH3 is 1. The molecule has 1 fully saturated rings. The van der Waals surface area contributed by atoms with Gasteiger partial charge in [-0.3, -0.25) is 4.79 Å². The minimum absolute atomic E-state index is 0.0104. The Hall–Kier alpha value is -3.02. The predicted molar refractivity (Wildman–Crippen MR) is 122 cm³/mol. The number of likely N-dealkylation sites (tertiary alicyclic amines) is 1. The molecule has 6 nitrogen and oxygen atoms in total. The Labute approximate surface area is 184 Å². The molecule has 3 amide bonds. The molecule has 1 saturated heterocycles. The van der Waals surface area contributed by atoms with Crippen LogP contribution in [0.4, 0.5) is 4.79 Å². The smallest absolute Gasteiger partial charge is 0.312 e. The van der Waals surface area contributed by atoms with E-state index in [1.807, 2.05) is 35.2 Å². The fraction of sp³-hybridized carbons (Fsp3) is 0.440. The molecule has 3 rings (SSSR count). The summed E-state index contributed by atoms with van der Waals surface area (Å²) in [6.07, 6.45) is 4.94. The number of hydrogen-bond donors (Lipinski definition) is 2. The van der Waals surface area contributed by atoms with Crippen LogP contribution in [0.15, 0.2) is 54.6 Å². The fourth-order valence-corrected chi connectivity index (χ4v) is 4.42. The summed E-state index contributed by atoms with van der Waals surface area (Å²) >= 11 is 0. The first-order valence-corrected chi connectivity index (χ1v) is 11.0. The van der Waals surface area contributed by atoms with Crippen LogP contribution < -0.4 is 15.8 Å². The van der Waals surface area contributed by atoms with Crippen LogP contribution in [0.1, 0.15) is 43.7 Å². The molecule has 2 aromatic rings. The highest BCUT2D eigenvalue weighted by molar-refractivity contribution is 5.87. The van der Waals surface area contributed by atoms with E-state index in [0.29, 0.717) is 19.5 Å². The first-order chi connectivity index (χ1) is 15.0. The Morgan fingerprint density at radius 2 is 1.77 bits per heavy atom. The van der Waals surface area contributed by atoms with Gasteiger partial charge in [-0.1, -0.05) is 68.7 Å². The SMILES string of the molecule is CCCCCC1(c2ccccc2)CN(C(=O)C(Cc2ccc(OC)cc2)NC(N)=O)C1. The van der Waals surface area contributed by atoms with Gasteiger partial charge in [0.2, 0.25) is 5.91 Å². The quantitative estimate of drug-likeness (QED) is 0.572. The van der Waals surface area contributed by atoms with Crippen LogP contribution in [-0.4, -0.2) is 43.1 Å². The van der Waals surface area contributed by atoms with Crippen molar-refractivity contribution in [1.82, 2.24) is 10.2 Å². The number of nitrogens with one attached hydrogen (secondary N) is 1. The lowest BCUT2D eigenvalue weighted by Gasteiger charge is -2.52. The van der Waals surface area contributed by atoms with E-state index >= 15 is 0 Å². The maximum Gasteiger partial charge on any atom is 0.312 e. The van der Waals surface area contributed by atoms with Gasteiger partial charge in [-0.05, 0) is 29.7 Å². The zero-order valence-corrected chi connectivity index (χ0v) is 18.5. The minimum Gasteiger partial charge on any atom is -0.497 e. The zero-order chi connectivity index (χ0) is 22.3. The molecule has 0 aromatic heterocycles. The van der Waals surface area contributed by atoms with E-state index < -0.39 is 12.1 Å². The van der Waals surface area contributed by atoms with Crippen molar-refractivity contribution in [1.29, 1.82) is 0 Å². The molecule has 166 valence electrons. The molecule has 0 aliphatic carbocycles. The average molecular weight is 424 g/mol. The number of nitrogens with two attached hydrogens (primary N) is 1. The van der Waals surface area contributed by atoms with Gasteiger partial charge in [0.05, 0.1) is 7.11 Å². The molecule has 0 saturated carbocycles. The second-order valence-corrected chi connectivity index (χ2v) is 8.41. The van der Waals surface area contributed by atoms with E-state index in [1.54, 1.807) is 7.11 Å². The van der Waals surface area contributed by atoms with Crippen LogP contribution in [0.3, 0.4) is 0 Å². The van der Waals surface area contributed by atoms with Gasteiger partial charge < -0.3 is 20.7 Å². The van der Waals surface area contributed by atoms with Crippen molar-refractivity contribution in [2.45, 2.75) is 50.5 Å². The van der Waals surface area contributed by atoms with Crippen LogP contribution in [0.25, 0.3) is 0 Å². The number of benzene rings is 2. The van der Waals surface area contributed by atoms with Gasteiger partial charge in [0.25, 0.3) is 0 Å². The molecule has 2 aromatic carbocycles. The van der Waals surface area contributed by atoms with Gasteiger partial charge in [-0.2, -0.15) is 0 Å². The van der Waals surface area contributed by atoms with E-state index in [1.165, 1.54) is 18.4 Å². The number of unbranched alkanes of at least 4 members (excludes halogenated alkanes) is 2. The van der Waals surface area contributed by atoms with Crippen molar-refractivity contribution in [2.24, 2.45) is 5.73 Å². The summed E-state index contributed by atoms with van der Waals surface area (Å²) < 4.78 is 5.19. The van der Waals surface area contributed by atoms with Crippen molar-refractivity contribution in [3.05, 3.63) is 65.7 Å². The molecule has 0 spiro atoms. The van der Waals surface area contributed by atoms with Gasteiger partial charge in [0, 0.05) is 24.9 Å². The summed E-state index contributed by atoms with van der Waals surface area (Å²) in [5.41, 5.74) is 7.58. The number of urea groups is 1. The molecule has 31 heavy (non-hydrogen) atoms. The van der Waals surface area contributed by atoms with Crippen LogP contribution >= 0.6 is 0 Å². The summed E-state index contributed by atoms with van der Waals surface area (Å²) in [5, 5.41) is 2.64. The van der Waals surface area contributed by atoms with Gasteiger partial charge in [0.1, 0.15) is 11.8 Å². The Bertz CT molecular complexity index is 861. The monoisotopic (exact) mass is 423 g/mol. The van der Waals surface area contributed by atoms with E-state index in [2.05, 4.69) is 36.5 Å². The first-order valence-electron chi connectivity index (χ1n) is 11.0. The van der Waals surface area contributed by atoms with E-state index in [4.69, 9.17) is 10.5 Å². The highest BCUT2D eigenvalue weighted by atomic mass is 16.5. The molecule has 1 atom stereocenters. The number of carbonyl (C=O) groups is 2. The summed E-state index contributed by atoms with van der Waals surface area (Å²) in [7, 11) is 1.61. The standard InChI is InChI=1S/C25H33N3O3/c1-3-4-8-15-25(20-9-6-5-7-10-20)17-28(18-25)23(29)22(27-24(26)30)16-19-11-13-21(31-2)14-12-19/h5-7,9-14,22H,3-4,8,15-18H2,1-2H3,(H3,26,27,30). The number of rotatable bonds is 10. The Morgan fingerprint density at radius 3 is 2.35 bits per heavy atom. The minimum atomic E-state index is -0.690. The Morgan fingerprint density at radius 1 is 1.10 bits per heavy atom. The lowest BCUT2D eigenvalue weighted by atomic mass is 9.70. The lowest BCUT2D eigenvalue weighted by Crippen LogP contribution is -2.65. The van der Waals surface area contributed by atoms with E-state index in [0.717, 1.165) is 24.2 Å². The summed E-state index contributed by atoms with van der Waals surface area (Å²) in [6, 6.07) is 16.6. The Kier molecular flexibility index (Phi) is 7.55. The number of nitrogens with zero attached hydrogens (tertiary/aromatic N) is 1. The zero-order valence-electron chi connectivity index (χ0n) is 18.5. The van der Waals surface area contributed by atoms with E-state index in [9.17, 15) is 9.59 Å². The molecular weight excluding hydrogens is 390 g/mol. The highest BCUT2D eigenvalue weighted by Gasteiger charge is 2.47. The molecule has 3 N–H and O–H groups in total. The third kappa shape index (κ3) is 5.57. The summed E-state index contributed by atoms with van der Waals surface area (Å²) in [5.74, 6) is 0.661. The number of amides is 3. The van der Waals surface area contributed by atoms with E-state index in [-0.39, 0.29) is 11.3 Å². The fourth-order valence-electron chi connectivity index (χ4n) is 4.42. The van der Waals surface area contributed by atoms with Crippen LogP contribution in [0.2, 0.25) is 0 Å². The van der Waals surface area contributed by atoms with Gasteiger partial charge in [0.15, 0.2) is 0 Å². The van der Waals surface area contributed by atoms with Crippen LogP contribution in [0.5, 0.6) is 5.75 Å². The normalized spacial score (nSPS) is 15.6. The lowest BCUT2D eigenvalue weighted by molar-refractivity contribution is -0.141. The third-order valence-electron chi connectivity index (χ3n) is 6.16. The maximum atomic E-state index is 13.3. The van der Waals surface area contributed by atoms with Crippen molar-refractivity contribution in [3.63, 3.8) is 0 Å². The van der Waals surface area contributed by atoms with Gasteiger partial charge >= 0.3 is 6.03 Å². The molecule has 0 radical (unpaired) electrons. The molecular formula is C25H33N3O3. The highest BCUT2D eigenvalue weighted by Crippen LogP contribution is 2.39. The first kappa shape index (κ1) is 22.7. The second kappa shape index (κ2) is 10.3. The number of primary amides is 1. The number of hydrogen-bond acceptors (Lipinski definition) is 3. The molecule has 1 unspecified atom stereocenters. The number of ether oxygens (including phenoxy) is 1. The van der Waals surface area contributed by atoms with Crippen molar-refractivity contribution >= 4 is 11.9 Å².